The number of unbranched alkanes of at least 4 members (excludes halogenated alkanes) is 3. The number of primary amides is 1. The lowest BCUT2D eigenvalue weighted by Crippen LogP contribution is -2.46. The van der Waals surface area contributed by atoms with Crippen molar-refractivity contribution in [2.45, 2.75) is 57.9 Å². The third-order valence-corrected chi connectivity index (χ3v) is 6.04. The van der Waals surface area contributed by atoms with Crippen LogP contribution in [0.15, 0.2) is 17.5 Å². The lowest BCUT2D eigenvalue weighted by molar-refractivity contribution is -0.136. The summed E-state index contributed by atoms with van der Waals surface area (Å²) in [5.74, 6) is -0.181. The lowest BCUT2D eigenvalue weighted by Gasteiger charge is -2.33. The van der Waals surface area contributed by atoms with Crippen molar-refractivity contribution < 1.29 is 14.4 Å². The first-order valence-electron chi connectivity index (χ1n) is 10.2. The molecule has 1 aromatic heterocycles. The Morgan fingerprint density at radius 2 is 2.14 bits per heavy atom. The van der Waals surface area contributed by atoms with Crippen LogP contribution in [0, 0.1) is 5.92 Å². The molecule has 4 amide bonds. The lowest BCUT2D eigenvalue weighted by atomic mass is 9.96. The third-order valence-electron chi connectivity index (χ3n) is 5.06. The van der Waals surface area contributed by atoms with E-state index < -0.39 is 12.1 Å². The van der Waals surface area contributed by atoms with Crippen molar-refractivity contribution in [2.75, 3.05) is 19.6 Å². The second-order valence-corrected chi connectivity index (χ2v) is 8.29. The Bertz CT molecular complexity index is 635. The number of hydrogen-bond donors (Lipinski definition) is 3. The number of piperidine rings is 1. The van der Waals surface area contributed by atoms with Crippen LogP contribution in [0.3, 0.4) is 0 Å². The molecular formula is C20H32N4O3S. The highest BCUT2D eigenvalue weighted by Gasteiger charge is 2.30. The van der Waals surface area contributed by atoms with Crippen LogP contribution in [0.5, 0.6) is 0 Å². The van der Waals surface area contributed by atoms with Crippen LogP contribution < -0.4 is 16.4 Å². The Morgan fingerprint density at radius 3 is 2.82 bits per heavy atom. The maximum absolute atomic E-state index is 12.8. The van der Waals surface area contributed by atoms with Crippen molar-refractivity contribution in [3.63, 3.8) is 0 Å². The molecule has 0 bridgehead atoms. The van der Waals surface area contributed by atoms with Gasteiger partial charge in [0.1, 0.15) is 0 Å². The minimum Gasteiger partial charge on any atom is -0.356 e. The Kier molecular flexibility index (Phi) is 9.27. The molecule has 1 aromatic rings. The molecule has 0 spiro atoms. The monoisotopic (exact) mass is 408 g/mol. The molecule has 4 N–H and O–H groups in total. The smallest absolute Gasteiger partial charge is 0.312 e. The van der Waals surface area contributed by atoms with E-state index >= 15 is 0 Å². The number of carbonyl (C=O) groups excluding carboxylic acids is 3. The highest BCUT2D eigenvalue weighted by atomic mass is 32.1. The molecule has 0 aromatic carbocycles. The zero-order chi connectivity index (χ0) is 20.4. The molecule has 28 heavy (non-hydrogen) atoms. The van der Waals surface area contributed by atoms with E-state index in [4.69, 9.17) is 5.73 Å². The number of rotatable bonds is 10. The quantitative estimate of drug-likeness (QED) is 0.518. The van der Waals surface area contributed by atoms with Gasteiger partial charge in [-0.1, -0.05) is 32.3 Å². The minimum absolute atomic E-state index is 0.0408. The van der Waals surface area contributed by atoms with Crippen LogP contribution in [0.4, 0.5) is 4.79 Å². The van der Waals surface area contributed by atoms with Gasteiger partial charge >= 0.3 is 6.03 Å². The van der Waals surface area contributed by atoms with Gasteiger partial charge in [-0.25, -0.2) is 4.79 Å². The van der Waals surface area contributed by atoms with E-state index in [1.807, 2.05) is 17.5 Å². The van der Waals surface area contributed by atoms with Gasteiger partial charge in [0.05, 0.1) is 18.4 Å². The molecule has 1 aliphatic rings. The first-order valence-corrected chi connectivity index (χ1v) is 11.0. The van der Waals surface area contributed by atoms with Crippen molar-refractivity contribution in [1.29, 1.82) is 0 Å². The van der Waals surface area contributed by atoms with E-state index in [0.29, 0.717) is 19.6 Å². The first-order chi connectivity index (χ1) is 13.5. The van der Waals surface area contributed by atoms with Gasteiger partial charge in [-0.2, -0.15) is 0 Å². The van der Waals surface area contributed by atoms with Crippen LogP contribution >= 0.6 is 11.3 Å². The highest BCUT2D eigenvalue weighted by Crippen LogP contribution is 2.24. The summed E-state index contributed by atoms with van der Waals surface area (Å²) in [5.41, 5.74) is 5.27. The summed E-state index contributed by atoms with van der Waals surface area (Å²) < 4.78 is 0. The van der Waals surface area contributed by atoms with Gasteiger partial charge in [-0.05, 0) is 30.7 Å². The van der Waals surface area contributed by atoms with Crippen molar-refractivity contribution in [2.24, 2.45) is 11.7 Å². The molecule has 1 aliphatic heterocycles. The first kappa shape index (κ1) is 22.2. The van der Waals surface area contributed by atoms with Gasteiger partial charge in [0.25, 0.3) is 0 Å². The molecule has 156 valence electrons. The Morgan fingerprint density at radius 1 is 1.32 bits per heavy atom. The van der Waals surface area contributed by atoms with E-state index in [0.717, 1.165) is 30.6 Å². The summed E-state index contributed by atoms with van der Waals surface area (Å²) in [7, 11) is 0. The predicted octanol–water partition coefficient (Wildman–Crippen LogP) is 2.78. The molecule has 1 saturated heterocycles. The Balaban J connectivity index is 1.85. The van der Waals surface area contributed by atoms with E-state index in [2.05, 4.69) is 17.6 Å². The van der Waals surface area contributed by atoms with Gasteiger partial charge in [0.2, 0.25) is 11.8 Å². The van der Waals surface area contributed by atoms with E-state index in [9.17, 15) is 14.4 Å². The summed E-state index contributed by atoms with van der Waals surface area (Å²) in [6.45, 7) is 3.95. The highest BCUT2D eigenvalue weighted by molar-refractivity contribution is 7.10. The summed E-state index contributed by atoms with van der Waals surface area (Å²) in [6.07, 6.45) is 6.25. The average Bonchev–Trinajstić information content (AvgIpc) is 3.21. The molecule has 2 atom stereocenters. The number of likely N-dealkylation sites (tertiary alicyclic amines) is 1. The topological polar surface area (TPSA) is 105 Å². The van der Waals surface area contributed by atoms with Gasteiger partial charge in [0, 0.05) is 24.5 Å². The van der Waals surface area contributed by atoms with Gasteiger partial charge in [-0.3, -0.25) is 9.59 Å². The molecule has 2 rings (SSSR count). The molecule has 0 saturated carbocycles. The fourth-order valence-electron chi connectivity index (χ4n) is 3.51. The van der Waals surface area contributed by atoms with Crippen LogP contribution in [0.25, 0.3) is 0 Å². The van der Waals surface area contributed by atoms with Crippen molar-refractivity contribution in [3.05, 3.63) is 22.4 Å². The maximum Gasteiger partial charge on any atom is 0.312 e. The van der Waals surface area contributed by atoms with Crippen molar-refractivity contribution in [3.8, 4) is 0 Å². The van der Waals surface area contributed by atoms with Crippen LogP contribution in [-0.4, -0.2) is 42.4 Å². The average molecular weight is 409 g/mol. The second-order valence-electron chi connectivity index (χ2n) is 7.31. The van der Waals surface area contributed by atoms with Gasteiger partial charge < -0.3 is 21.3 Å². The molecule has 0 aliphatic carbocycles. The second kappa shape index (κ2) is 11.7. The van der Waals surface area contributed by atoms with Crippen LogP contribution in [0.1, 0.15) is 62.8 Å². The third kappa shape index (κ3) is 7.14. The number of nitrogens with zero attached hydrogens (tertiary/aromatic N) is 1. The number of nitrogens with one attached hydrogen (secondary N) is 2. The number of nitrogens with two attached hydrogens (primary N) is 1. The molecule has 2 unspecified atom stereocenters. The number of carbonyl (C=O) groups is 3. The number of hydrogen-bond acceptors (Lipinski definition) is 4. The fraction of sp³-hybridized carbons (Fsp3) is 0.650. The molecule has 2 heterocycles. The zero-order valence-corrected chi connectivity index (χ0v) is 17.4. The summed E-state index contributed by atoms with van der Waals surface area (Å²) >= 11 is 1.48. The minimum atomic E-state index is -0.648. The Labute approximate surface area is 171 Å². The summed E-state index contributed by atoms with van der Waals surface area (Å²) in [5, 5.41) is 7.56. The van der Waals surface area contributed by atoms with E-state index in [1.54, 1.807) is 4.90 Å². The molecule has 8 heteroatoms. The van der Waals surface area contributed by atoms with Crippen LogP contribution in [0.2, 0.25) is 0 Å². The van der Waals surface area contributed by atoms with Crippen molar-refractivity contribution >= 4 is 29.2 Å². The number of urea groups is 1. The summed E-state index contributed by atoms with van der Waals surface area (Å²) in [6, 6.07) is 2.67. The standard InChI is InChI=1S/C20H32N4O3S/c1-2-3-4-5-10-22-19(26)15-8-6-11-24(14-15)18(25)13-16(23-20(21)27)17-9-7-12-28-17/h7,9,12,15-16H,2-6,8,10-11,13-14H2,1H3,(H,22,26)(H3,21,23,27). The normalized spacial score (nSPS) is 17.8. The fourth-order valence-corrected chi connectivity index (χ4v) is 4.29. The Hall–Kier alpha value is -2.09. The molecular weight excluding hydrogens is 376 g/mol. The number of thiophene rings is 1. The van der Waals surface area contributed by atoms with E-state index in [1.165, 1.54) is 24.2 Å². The predicted molar refractivity (Wildman–Crippen MR) is 111 cm³/mol. The SMILES string of the molecule is CCCCCCNC(=O)C1CCCN(C(=O)CC(NC(N)=O)c2cccs2)C1. The van der Waals surface area contributed by atoms with Crippen LogP contribution in [-0.2, 0) is 9.59 Å². The zero-order valence-electron chi connectivity index (χ0n) is 16.6. The maximum atomic E-state index is 12.8. The van der Waals surface area contributed by atoms with E-state index in [-0.39, 0.29) is 24.2 Å². The molecule has 7 nitrogen and oxygen atoms in total. The molecule has 1 fully saturated rings. The summed E-state index contributed by atoms with van der Waals surface area (Å²) in [4.78, 5) is 39.2. The van der Waals surface area contributed by atoms with Gasteiger partial charge in [-0.15, -0.1) is 11.3 Å². The van der Waals surface area contributed by atoms with Crippen molar-refractivity contribution in [1.82, 2.24) is 15.5 Å². The molecule has 0 radical (unpaired) electrons. The van der Waals surface area contributed by atoms with Gasteiger partial charge in [0.15, 0.2) is 0 Å². The number of amides is 4. The largest absolute Gasteiger partial charge is 0.356 e.